The molecule has 144 valence electrons. The molecule has 0 saturated heterocycles. The highest BCUT2D eigenvalue weighted by molar-refractivity contribution is 7.98. The Kier molecular flexibility index (Phi) is 6.73. The van der Waals surface area contributed by atoms with Crippen LogP contribution in [-0.4, -0.2) is 42.2 Å². The van der Waals surface area contributed by atoms with Crippen LogP contribution in [0.2, 0.25) is 5.02 Å². The van der Waals surface area contributed by atoms with E-state index in [4.69, 9.17) is 21.1 Å². The molecule has 0 aliphatic carbocycles. The molecule has 0 unspecified atom stereocenters. The third-order valence-electron chi connectivity index (χ3n) is 4.12. The first-order chi connectivity index (χ1) is 12.7. The molecule has 2 rings (SSSR count). The van der Waals surface area contributed by atoms with E-state index in [2.05, 4.69) is 4.98 Å². The molecule has 2 aromatic rings. The SMILES string of the molecule is COC(=O)c1c(C)[nH]c(C(=O)[C@H](C)OC(=O)c2cc(SC)ccc2Cl)c1C. The van der Waals surface area contributed by atoms with E-state index < -0.39 is 23.8 Å². The van der Waals surface area contributed by atoms with Crippen LogP contribution in [0.15, 0.2) is 23.1 Å². The number of H-pyrrole nitrogens is 1. The summed E-state index contributed by atoms with van der Waals surface area (Å²) in [5.41, 5.74) is 1.66. The van der Waals surface area contributed by atoms with Crippen molar-refractivity contribution in [3.63, 3.8) is 0 Å². The highest BCUT2D eigenvalue weighted by Gasteiger charge is 2.28. The second-order valence-corrected chi connectivity index (χ2v) is 7.16. The van der Waals surface area contributed by atoms with Gasteiger partial charge in [0.15, 0.2) is 6.10 Å². The first-order valence-corrected chi connectivity index (χ1v) is 9.67. The third kappa shape index (κ3) is 4.36. The maximum atomic E-state index is 12.7. The Morgan fingerprint density at radius 3 is 2.44 bits per heavy atom. The number of aromatic amines is 1. The maximum absolute atomic E-state index is 12.7. The molecular formula is C19H20ClNO5S. The minimum Gasteiger partial charge on any atom is -0.465 e. The van der Waals surface area contributed by atoms with Crippen LogP contribution in [0.4, 0.5) is 0 Å². The van der Waals surface area contributed by atoms with Crippen LogP contribution in [-0.2, 0) is 9.47 Å². The normalized spacial score (nSPS) is 11.8. The fourth-order valence-corrected chi connectivity index (χ4v) is 3.31. The number of aryl methyl sites for hydroxylation is 1. The molecule has 1 N–H and O–H groups in total. The molecule has 0 spiro atoms. The average Bonchev–Trinajstić information content (AvgIpc) is 2.94. The van der Waals surface area contributed by atoms with Crippen molar-refractivity contribution < 1.29 is 23.9 Å². The highest BCUT2D eigenvalue weighted by Crippen LogP contribution is 2.25. The molecule has 0 fully saturated rings. The minimum absolute atomic E-state index is 0.192. The van der Waals surface area contributed by atoms with Crippen molar-refractivity contribution in [2.45, 2.75) is 31.8 Å². The summed E-state index contributed by atoms with van der Waals surface area (Å²) < 4.78 is 10.0. The Bertz CT molecular complexity index is 906. The van der Waals surface area contributed by atoms with Gasteiger partial charge in [0.2, 0.25) is 5.78 Å². The number of rotatable bonds is 6. The van der Waals surface area contributed by atoms with Crippen LogP contribution in [0.1, 0.15) is 49.4 Å². The van der Waals surface area contributed by atoms with E-state index >= 15 is 0 Å². The van der Waals surface area contributed by atoms with Crippen molar-refractivity contribution in [2.24, 2.45) is 0 Å². The molecule has 27 heavy (non-hydrogen) atoms. The Balaban J connectivity index is 2.24. The number of hydrogen-bond acceptors (Lipinski definition) is 6. The molecule has 0 radical (unpaired) electrons. The quantitative estimate of drug-likeness (QED) is 0.436. The number of halogens is 1. The van der Waals surface area contributed by atoms with Crippen LogP contribution in [0.5, 0.6) is 0 Å². The zero-order valence-electron chi connectivity index (χ0n) is 15.6. The molecule has 1 aromatic carbocycles. The lowest BCUT2D eigenvalue weighted by Crippen LogP contribution is -2.25. The standard InChI is InChI=1S/C19H20ClNO5S/c1-9-15(19(24)25-4)10(2)21-16(9)17(22)11(3)26-18(23)13-8-12(27-5)6-7-14(13)20/h6-8,11,21H,1-5H3/t11-/m0/s1. The van der Waals surface area contributed by atoms with Crippen LogP contribution in [0.25, 0.3) is 0 Å². The van der Waals surface area contributed by atoms with Crippen LogP contribution in [0, 0.1) is 13.8 Å². The number of benzene rings is 1. The summed E-state index contributed by atoms with van der Waals surface area (Å²) in [5.74, 6) is -1.67. The van der Waals surface area contributed by atoms with E-state index in [0.717, 1.165) is 4.90 Å². The summed E-state index contributed by atoms with van der Waals surface area (Å²) in [7, 11) is 1.27. The lowest BCUT2D eigenvalue weighted by molar-refractivity contribution is 0.0316. The van der Waals surface area contributed by atoms with Crippen molar-refractivity contribution in [3.8, 4) is 0 Å². The topological polar surface area (TPSA) is 85.5 Å². The molecule has 0 aliphatic heterocycles. The first-order valence-electron chi connectivity index (χ1n) is 8.07. The Labute approximate surface area is 166 Å². The number of ketones is 1. The molecule has 1 heterocycles. The number of ether oxygens (including phenoxy) is 2. The number of esters is 2. The number of thioether (sulfide) groups is 1. The molecular weight excluding hydrogens is 390 g/mol. The van der Waals surface area contributed by atoms with Crippen LogP contribution >= 0.6 is 23.4 Å². The van der Waals surface area contributed by atoms with Crippen molar-refractivity contribution in [1.82, 2.24) is 4.98 Å². The van der Waals surface area contributed by atoms with Crippen molar-refractivity contribution in [2.75, 3.05) is 13.4 Å². The van der Waals surface area contributed by atoms with E-state index in [9.17, 15) is 14.4 Å². The number of nitrogens with one attached hydrogen (secondary N) is 1. The zero-order chi connectivity index (χ0) is 20.3. The highest BCUT2D eigenvalue weighted by atomic mass is 35.5. The fourth-order valence-electron chi connectivity index (χ4n) is 2.67. The molecule has 0 aliphatic rings. The van der Waals surface area contributed by atoms with Crippen LogP contribution in [0.3, 0.4) is 0 Å². The lowest BCUT2D eigenvalue weighted by atomic mass is 10.1. The number of carbonyl (C=O) groups excluding carboxylic acids is 3. The second-order valence-electron chi connectivity index (χ2n) is 5.87. The van der Waals surface area contributed by atoms with Gasteiger partial charge in [-0.05, 0) is 50.8 Å². The summed E-state index contributed by atoms with van der Waals surface area (Å²) in [6.07, 6.45) is 0.813. The van der Waals surface area contributed by atoms with Crippen molar-refractivity contribution >= 4 is 41.1 Å². The largest absolute Gasteiger partial charge is 0.465 e. The summed E-state index contributed by atoms with van der Waals surface area (Å²) in [6.45, 7) is 4.77. The van der Waals surface area contributed by atoms with E-state index in [-0.39, 0.29) is 16.3 Å². The number of Topliss-reactive ketones (excluding diaryl/α,β-unsaturated/α-hetero) is 1. The summed E-state index contributed by atoms with van der Waals surface area (Å²) >= 11 is 7.54. The molecule has 0 bridgehead atoms. The predicted molar refractivity (Wildman–Crippen MR) is 104 cm³/mol. The number of aromatic nitrogens is 1. The van der Waals surface area contributed by atoms with E-state index in [0.29, 0.717) is 16.8 Å². The Hall–Kier alpha value is -2.25. The van der Waals surface area contributed by atoms with Crippen molar-refractivity contribution in [3.05, 3.63) is 51.3 Å². The van der Waals surface area contributed by atoms with Gasteiger partial charge < -0.3 is 14.5 Å². The van der Waals surface area contributed by atoms with Gasteiger partial charge in [0, 0.05) is 10.6 Å². The lowest BCUT2D eigenvalue weighted by Gasteiger charge is -2.13. The molecule has 8 heteroatoms. The Morgan fingerprint density at radius 2 is 1.85 bits per heavy atom. The van der Waals surface area contributed by atoms with Gasteiger partial charge in [-0.15, -0.1) is 11.8 Å². The van der Waals surface area contributed by atoms with E-state index in [1.807, 2.05) is 6.26 Å². The Morgan fingerprint density at radius 1 is 1.19 bits per heavy atom. The first kappa shape index (κ1) is 21.1. The van der Waals surface area contributed by atoms with Gasteiger partial charge in [0.25, 0.3) is 0 Å². The van der Waals surface area contributed by atoms with Gasteiger partial charge in [0.1, 0.15) is 0 Å². The number of hydrogen-bond donors (Lipinski definition) is 1. The fraction of sp³-hybridized carbons (Fsp3) is 0.316. The average molecular weight is 410 g/mol. The van der Waals surface area contributed by atoms with Crippen molar-refractivity contribution in [1.29, 1.82) is 0 Å². The number of carbonyl (C=O) groups is 3. The molecule has 6 nitrogen and oxygen atoms in total. The van der Waals surface area contributed by atoms with Crippen LogP contribution < -0.4 is 0 Å². The third-order valence-corrected chi connectivity index (χ3v) is 5.17. The molecule has 1 atom stereocenters. The predicted octanol–water partition coefficient (Wildman–Crippen LogP) is 4.22. The molecule has 0 amide bonds. The van der Waals surface area contributed by atoms with Gasteiger partial charge in [-0.3, -0.25) is 4.79 Å². The van der Waals surface area contributed by atoms with Gasteiger partial charge in [0.05, 0.1) is 29.0 Å². The minimum atomic E-state index is -1.06. The van der Waals surface area contributed by atoms with Gasteiger partial charge in [-0.2, -0.15) is 0 Å². The second kappa shape index (κ2) is 8.63. The molecule has 0 saturated carbocycles. The molecule has 1 aromatic heterocycles. The summed E-state index contributed by atoms with van der Waals surface area (Å²) in [4.78, 5) is 40.8. The smallest absolute Gasteiger partial charge is 0.340 e. The maximum Gasteiger partial charge on any atom is 0.340 e. The monoisotopic (exact) mass is 409 g/mol. The van der Waals surface area contributed by atoms with Gasteiger partial charge in [-0.25, -0.2) is 9.59 Å². The van der Waals surface area contributed by atoms with Gasteiger partial charge in [-0.1, -0.05) is 11.6 Å². The zero-order valence-corrected chi connectivity index (χ0v) is 17.2. The summed E-state index contributed by atoms with van der Waals surface area (Å²) in [6, 6.07) is 5.02. The van der Waals surface area contributed by atoms with E-state index in [1.165, 1.54) is 25.8 Å². The van der Waals surface area contributed by atoms with Gasteiger partial charge >= 0.3 is 11.9 Å². The summed E-state index contributed by atoms with van der Waals surface area (Å²) in [5, 5.41) is 0.248. The van der Waals surface area contributed by atoms with E-state index in [1.54, 1.807) is 32.0 Å². The number of methoxy groups -OCH3 is 1.